The third-order valence-electron chi connectivity index (χ3n) is 23.9. The number of ether oxygens (including phenoxy) is 2. The number of benzene rings is 3. The summed E-state index contributed by atoms with van der Waals surface area (Å²) in [6, 6.07) is 27.2. The van der Waals surface area contributed by atoms with Crippen LogP contribution in [-0.4, -0.2) is 65.8 Å². The van der Waals surface area contributed by atoms with E-state index in [1.165, 1.54) is 106 Å². The van der Waals surface area contributed by atoms with E-state index in [1.54, 1.807) is 19.0 Å². The molecule has 8 heteroatoms. The van der Waals surface area contributed by atoms with E-state index < -0.39 is 0 Å². The second-order valence-corrected chi connectivity index (χ2v) is 27.9. The topological polar surface area (TPSA) is 108 Å². The van der Waals surface area contributed by atoms with Crippen molar-refractivity contribution in [2.45, 2.75) is 207 Å². The lowest BCUT2D eigenvalue weighted by atomic mass is 9.44. The van der Waals surface area contributed by atoms with Crippen molar-refractivity contribution in [1.29, 1.82) is 0 Å². The van der Waals surface area contributed by atoms with Crippen molar-refractivity contribution in [3.05, 3.63) is 101 Å². The SMILES string of the molecule is Cc1ccc(CC[C@@H](O)[C@H]2CC[C@H]3[C@@H]4CC[C@H]5C[C@@H](OC(=O)N(C)C)CC[C@]5(C)[C@H]4CC[C@]23C)cc1.Cc1ccc(CC[C@@H](O)[C@H]2CC[C@H]3[C@@H]4CC[C@H]5C[C@@H](OC(=O)Nc6ccccc6)CC[C@]5(C)[C@H]4CC[C@]23C)cc1. The van der Waals surface area contributed by atoms with E-state index in [0.717, 1.165) is 99.0 Å². The van der Waals surface area contributed by atoms with Gasteiger partial charge in [0.05, 0.1) is 12.2 Å². The Hall–Kier alpha value is -3.88. The van der Waals surface area contributed by atoms with Crippen molar-refractivity contribution in [2.24, 2.45) is 80.8 Å². The number of anilines is 1. The summed E-state index contributed by atoms with van der Waals surface area (Å²) in [5.74, 6) is 6.85. The van der Waals surface area contributed by atoms with Gasteiger partial charge in [-0.3, -0.25) is 5.32 Å². The van der Waals surface area contributed by atoms with Crippen LogP contribution in [-0.2, 0) is 22.3 Å². The molecule has 2 amide bonds. The first-order valence-corrected chi connectivity index (χ1v) is 30.8. The zero-order valence-electron chi connectivity index (χ0n) is 48.1. The maximum Gasteiger partial charge on any atom is 0.411 e. The van der Waals surface area contributed by atoms with Crippen molar-refractivity contribution in [1.82, 2.24) is 4.90 Å². The third-order valence-corrected chi connectivity index (χ3v) is 23.9. The molecule has 0 spiro atoms. The second kappa shape index (κ2) is 22.7. The summed E-state index contributed by atoms with van der Waals surface area (Å²) >= 11 is 0. The molecule has 8 nitrogen and oxygen atoms in total. The maximum atomic E-state index is 12.6. The van der Waals surface area contributed by atoms with Gasteiger partial charge in [0.25, 0.3) is 0 Å². The van der Waals surface area contributed by atoms with Crippen LogP contribution < -0.4 is 5.32 Å². The largest absolute Gasteiger partial charge is 0.446 e. The number of hydrogen-bond acceptors (Lipinski definition) is 6. The Kier molecular flexibility index (Phi) is 16.6. The molecule has 416 valence electrons. The number of aliphatic hydroxyl groups excluding tert-OH is 2. The number of carbonyl (C=O) groups excluding carboxylic acids is 2. The van der Waals surface area contributed by atoms with Crippen molar-refractivity contribution in [2.75, 3.05) is 19.4 Å². The molecular formula is C68H98N2O6. The number of fused-ring (bicyclic) bond motifs is 10. The lowest BCUT2D eigenvalue weighted by Crippen LogP contribution is -2.54. The quantitative estimate of drug-likeness (QED) is 0.177. The molecule has 3 aromatic carbocycles. The molecule has 76 heavy (non-hydrogen) atoms. The number of nitrogens with zero attached hydrogens (tertiary/aromatic N) is 1. The molecule has 0 bridgehead atoms. The van der Waals surface area contributed by atoms with Gasteiger partial charge >= 0.3 is 12.2 Å². The zero-order valence-corrected chi connectivity index (χ0v) is 48.1. The Morgan fingerprint density at radius 2 is 0.961 bits per heavy atom. The number of hydrogen-bond donors (Lipinski definition) is 3. The van der Waals surface area contributed by atoms with E-state index in [-0.39, 0.29) is 47.4 Å². The predicted octanol–water partition coefficient (Wildman–Crippen LogP) is 15.6. The van der Waals surface area contributed by atoms with Crippen LogP contribution in [0.15, 0.2) is 78.9 Å². The van der Waals surface area contributed by atoms with Gasteiger partial charge in [0.15, 0.2) is 0 Å². The summed E-state index contributed by atoms with van der Waals surface area (Å²) in [6.07, 6.45) is 24.6. The monoisotopic (exact) mass is 1040 g/mol. The molecule has 8 aliphatic carbocycles. The normalized spacial score (nSPS) is 38.9. The Morgan fingerprint density at radius 3 is 1.41 bits per heavy atom. The molecule has 3 aromatic rings. The molecule has 0 unspecified atom stereocenters. The highest BCUT2D eigenvalue weighted by Crippen LogP contribution is 2.70. The van der Waals surface area contributed by atoms with Gasteiger partial charge in [-0.1, -0.05) is 106 Å². The summed E-state index contributed by atoms with van der Waals surface area (Å²) in [6.45, 7) is 14.5. The zero-order chi connectivity index (χ0) is 53.6. The molecule has 8 saturated carbocycles. The summed E-state index contributed by atoms with van der Waals surface area (Å²) in [5.41, 5.74) is 7.36. The van der Waals surface area contributed by atoms with Crippen LogP contribution in [0.25, 0.3) is 0 Å². The first-order chi connectivity index (χ1) is 36.4. The van der Waals surface area contributed by atoms with Gasteiger partial charge in [-0.05, 0) is 259 Å². The Labute approximate surface area is 458 Å². The van der Waals surface area contributed by atoms with Crippen molar-refractivity contribution in [3.8, 4) is 0 Å². The minimum absolute atomic E-state index is 0.0201. The smallest absolute Gasteiger partial charge is 0.411 e. The Morgan fingerprint density at radius 1 is 0.539 bits per heavy atom. The third kappa shape index (κ3) is 11.0. The fourth-order valence-electron chi connectivity index (χ4n) is 19.6. The van der Waals surface area contributed by atoms with Crippen LogP contribution in [0.4, 0.5) is 15.3 Å². The van der Waals surface area contributed by atoms with Gasteiger partial charge in [-0.25, -0.2) is 9.59 Å². The highest BCUT2D eigenvalue weighted by Gasteiger charge is 2.63. The van der Waals surface area contributed by atoms with E-state index in [1.807, 2.05) is 30.3 Å². The summed E-state index contributed by atoms with van der Waals surface area (Å²) in [4.78, 5) is 26.3. The van der Waals surface area contributed by atoms with E-state index in [4.69, 9.17) is 9.47 Å². The Balaban J connectivity index is 0.000000174. The van der Waals surface area contributed by atoms with Gasteiger partial charge in [0.1, 0.15) is 12.2 Å². The molecule has 0 saturated heterocycles. The number of carbonyl (C=O) groups is 2. The van der Waals surface area contributed by atoms with Gasteiger partial charge in [0, 0.05) is 19.8 Å². The van der Waals surface area contributed by atoms with E-state index in [0.29, 0.717) is 34.5 Å². The van der Waals surface area contributed by atoms with Gasteiger partial charge in [-0.2, -0.15) is 0 Å². The van der Waals surface area contributed by atoms with E-state index >= 15 is 0 Å². The van der Waals surface area contributed by atoms with Gasteiger partial charge < -0.3 is 24.6 Å². The second-order valence-electron chi connectivity index (χ2n) is 27.9. The average molecular weight is 1040 g/mol. The first kappa shape index (κ1) is 55.4. The van der Waals surface area contributed by atoms with E-state index in [2.05, 4.69) is 95.4 Å². The minimum atomic E-state index is -0.320. The Bertz CT molecular complexity index is 2430. The number of aryl methyl sites for hydroxylation is 4. The fourth-order valence-corrected chi connectivity index (χ4v) is 19.6. The predicted molar refractivity (Wildman–Crippen MR) is 306 cm³/mol. The van der Waals surface area contributed by atoms with Crippen LogP contribution in [0.2, 0.25) is 0 Å². The standard InChI is InChI=1S/C36H49NO3.C32H49NO3/c1-24-9-11-25(12-10-24)13-18-33(38)32-17-16-30-29-15-14-26-23-28(40-34(39)37-27-7-5-4-6-8-27)19-21-35(26,2)31(29)20-22-36(30,32)3;1-21-6-8-22(9-7-21)10-15-29(34)28-14-13-26-25-12-11-23-20-24(36-30(35)33(4)5)16-18-31(23,2)27(25)17-19-32(26,28)3/h4-12,26,28-33,38H,13-23H2,1-3H3,(H,37,39);6-9,23-29,34H,10-20H2,1-5H3/t26-,28-,29-,30-,31-,32+,33+,35-,36-;23-,24-,25-,26-,27-,28+,29+,31-,32-/m00/s1. The maximum absolute atomic E-state index is 12.6. The number of nitrogens with one attached hydrogen (secondary N) is 1. The van der Waals surface area contributed by atoms with Crippen LogP contribution in [0, 0.1) is 94.7 Å². The van der Waals surface area contributed by atoms with Crippen LogP contribution in [0.3, 0.4) is 0 Å². The van der Waals surface area contributed by atoms with Gasteiger partial charge in [-0.15, -0.1) is 0 Å². The summed E-state index contributed by atoms with van der Waals surface area (Å²) in [7, 11) is 3.54. The molecule has 18 atom stereocenters. The van der Waals surface area contributed by atoms with Crippen molar-refractivity contribution in [3.63, 3.8) is 0 Å². The van der Waals surface area contributed by atoms with Crippen LogP contribution in [0.5, 0.6) is 0 Å². The highest BCUT2D eigenvalue weighted by atomic mass is 16.6. The molecule has 11 rings (SSSR count). The highest BCUT2D eigenvalue weighted by molar-refractivity contribution is 5.84. The summed E-state index contributed by atoms with van der Waals surface area (Å²) < 4.78 is 11.8. The fraction of sp³-hybridized carbons (Fsp3) is 0.706. The minimum Gasteiger partial charge on any atom is -0.446 e. The summed E-state index contributed by atoms with van der Waals surface area (Å²) in [5, 5.41) is 25.7. The van der Waals surface area contributed by atoms with Crippen molar-refractivity contribution < 1.29 is 29.3 Å². The number of aliphatic hydroxyl groups is 2. The number of rotatable bonds is 11. The molecule has 0 aliphatic heterocycles. The first-order valence-electron chi connectivity index (χ1n) is 30.8. The van der Waals surface area contributed by atoms with Gasteiger partial charge in [0.2, 0.25) is 0 Å². The van der Waals surface area contributed by atoms with Crippen LogP contribution in [0.1, 0.15) is 178 Å². The molecule has 0 radical (unpaired) electrons. The van der Waals surface area contributed by atoms with Crippen molar-refractivity contribution >= 4 is 17.9 Å². The molecule has 0 heterocycles. The molecule has 8 fully saturated rings. The number of amides is 2. The number of para-hydroxylation sites is 1. The lowest BCUT2D eigenvalue weighted by Gasteiger charge is -2.61. The average Bonchev–Trinajstić information content (AvgIpc) is 3.98. The van der Waals surface area contributed by atoms with E-state index in [9.17, 15) is 19.8 Å². The molecule has 3 N–H and O–H groups in total. The van der Waals surface area contributed by atoms with Crippen LogP contribution >= 0.6 is 0 Å². The molecule has 0 aromatic heterocycles. The molecular weight excluding hydrogens is 941 g/mol. The lowest BCUT2D eigenvalue weighted by molar-refractivity contribution is -0.134. The molecule has 8 aliphatic rings.